The Kier molecular flexibility index (Phi) is 3.78. The van der Waals surface area contributed by atoms with Crippen LogP contribution < -0.4 is 4.74 Å². The topological polar surface area (TPSA) is 61.4 Å². The molecule has 112 valence electrons. The van der Waals surface area contributed by atoms with E-state index in [9.17, 15) is 5.11 Å². The van der Waals surface area contributed by atoms with Crippen molar-refractivity contribution in [2.75, 3.05) is 20.2 Å². The number of rotatable bonds is 3. The second-order valence-corrected chi connectivity index (χ2v) is 5.56. The van der Waals surface area contributed by atoms with Crippen molar-refractivity contribution in [2.24, 2.45) is 0 Å². The lowest BCUT2D eigenvalue weighted by atomic mass is 10.0. The smallest absolute Gasteiger partial charge is 0.176 e. The number of ether oxygens (including phenoxy) is 1. The Labute approximate surface area is 128 Å². The number of methoxy groups -OCH3 is 1. The van der Waals surface area contributed by atoms with E-state index in [2.05, 4.69) is 22.0 Å². The Balaban J connectivity index is 2.06. The van der Waals surface area contributed by atoms with Crippen LogP contribution in [0.1, 0.15) is 18.2 Å². The number of likely N-dealkylation sites (N-methyl/N-ethyl adjacent to an activating group) is 1. The molecule has 5 nitrogen and oxygen atoms in total. The summed E-state index contributed by atoms with van der Waals surface area (Å²) < 4.78 is 5.17. The van der Waals surface area contributed by atoms with Crippen LogP contribution in [0.4, 0.5) is 0 Å². The van der Waals surface area contributed by atoms with Gasteiger partial charge in [0.25, 0.3) is 0 Å². The van der Waals surface area contributed by atoms with E-state index in [1.807, 2.05) is 0 Å². The van der Waals surface area contributed by atoms with Gasteiger partial charge in [-0.1, -0.05) is 18.5 Å². The fraction of sp³-hybridized carbons (Fsp3) is 0.400. The molecule has 3 rings (SSSR count). The Morgan fingerprint density at radius 3 is 3.00 bits per heavy atom. The van der Waals surface area contributed by atoms with Gasteiger partial charge in [0.2, 0.25) is 0 Å². The number of aromatic nitrogens is 2. The zero-order chi connectivity index (χ0) is 15.0. The van der Waals surface area contributed by atoms with Crippen molar-refractivity contribution in [1.82, 2.24) is 15.1 Å². The van der Waals surface area contributed by atoms with E-state index in [1.165, 1.54) is 18.4 Å². The van der Waals surface area contributed by atoms with Gasteiger partial charge in [-0.05, 0) is 18.7 Å². The second-order valence-electron chi connectivity index (χ2n) is 5.16. The molecule has 0 atom stereocenters. The number of H-pyrrole nitrogens is 1. The predicted octanol–water partition coefficient (Wildman–Crippen LogP) is 2.82. The van der Waals surface area contributed by atoms with Gasteiger partial charge in [0, 0.05) is 36.3 Å². The zero-order valence-corrected chi connectivity index (χ0v) is 12.9. The summed E-state index contributed by atoms with van der Waals surface area (Å²) in [5.74, 6) is 0.319. The van der Waals surface area contributed by atoms with Crippen LogP contribution in [0.3, 0.4) is 0 Å². The fourth-order valence-corrected chi connectivity index (χ4v) is 2.94. The van der Waals surface area contributed by atoms with Crippen molar-refractivity contribution in [3.63, 3.8) is 0 Å². The summed E-state index contributed by atoms with van der Waals surface area (Å²) in [6.45, 7) is 5.10. The number of aromatic amines is 1. The molecule has 0 spiro atoms. The van der Waals surface area contributed by atoms with Gasteiger partial charge in [0.05, 0.1) is 17.8 Å². The van der Waals surface area contributed by atoms with Crippen molar-refractivity contribution < 1.29 is 9.84 Å². The van der Waals surface area contributed by atoms with Crippen molar-refractivity contribution >= 4 is 11.6 Å². The Morgan fingerprint density at radius 1 is 1.48 bits per heavy atom. The van der Waals surface area contributed by atoms with Crippen molar-refractivity contribution in [3.8, 4) is 22.8 Å². The number of phenolic OH excluding ortho intramolecular Hbond substituents is 1. The fourth-order valence-electron chi connectivity index (χ4n) is 2.73. The highest BCUT2D eigenvalue weighted by molar-refractivity contribution is 6.32. The lowest BCUT2D eigenvalue weighted by Gasteiger charge is -2.25. The summed E-state index contributed by atoms with van der Waals surface area (Å²) in [6, 6.07) is 3.49. The summed E-state index contributed by atoms with van der Waals surface area (Å²) >= 11 is 6.08. The van der Waals surface area contributed by atoms with E-state index in [1.54, 1.807) is 12.1 Å². The van der Waals surface area contributed by atoms with E-state index >= 15 is 0 Å². The third kappa shape index (κ3) is 2.47. The van der Waals surface area contributed by atoms with Gasteiger partial charge < -0.3 is 9.84 Å². The van der Waals surface area contributed by atoms with Crippen LogP contribution in [0.25, 0.3) is 11.3 Å². The van der Waals surface area contributed by atoms with Crippen LogP contribution in [0.15, 0.2) is 12.1 Å². The first-order chi connectivity index (χ1) is 10.1. The highest BCUT2D eigenvalue weighted by atomic mass is 35.5. The molecule has 0 amide bonds. The number of nitrogens with zero attached hydrogens (tertiary/aromatic N) is 2. The molecule has 0 saturated heterocycles. The number of halogens is 1. The maximum absolute atomic E-state index is 9.84. The summed E-state index contributed by atoms with van der Waals surface area (Å²) in [6.07, 6.45) is 0.971. The van der Waals surface area contributed by atoms with Gasteiger partial charge in [-0.15, -0.1) is 0 Å². The monoisotopic (exact) mass is 307 g/mol. The van der Waals surface area contributed by atoms with Gasteiger partial charge in [-0.25, -0.2) is 0 Å². The minimum absolute atomic E-state index is 0.0393. The number of hydrogen-bond acceptors (Lipinski definition) is 4. The minimum atomic E-state index is -0.0393. The van der Waals surface area contributed by atoms with E-state index in [0.29, 0.717) is 5.75 Å². The molecule has 1 aliphatic rings. The number of benzene rings is 1. The summed E-state index contributed by atoms with van der Waals surface area (Å²) in [5.41, 5.74) is 4.11. The second kappa shape index (κ2) is 5.58. The number of nitrogens with one attached hydrogen (secondary N) is 1. The molecule has 0 bridgehead atoms. The lowest BCUT2D eigenvalue weighted by Crippen LogP contribution is -2.30. The number of hydrogen-bond donors (Lipinski definition) is 2. The minimum Gasteiger partial charge on any atom is -0.503 e. The molecule has 1 aromatic heterocycles. The number of fused-ring (bicyclic) bond motifs is 1. The van der Waals surface area contributed by atoms with Crippen LogP contribution in [-0.4, -0.2) is 40.4 Å². The molecule has 2 aromatic rings. The molecule has 0 fully saturated rings. The maximum Gasteiger partial charge on any atom is 0.176 e. The van der Waals surface area contributed by atoms with E-state index < -0.39 is 0 Å². The summed E-state index contributed by atoms with van der Waals surface area (Å²) in [4.78, 5) is 2.38. The largest absolute Gasteiger partial charge is 0.503 e. The Hall–Kier alpha value is -1.72. The molecule has 21 heavy (non-hydrogen) atoms. The summed E-state index contributed by atoms with van der Waals surface area (Å²) in [7, 11) is 1.51. The van der Waals surface area contributed by atoms with Gasteiger partial charge in [0.15, 0.2) is 11.5 Å². The maximum atomic E-state index is 9.84. The van der Waals surface area contributed by atoms with Gasteiger partial charge >= 0.3 is 0 Å². The number of phenols is 1. The first-order valence-electron chi connectivity index (χ1n) is 6.99. The first-order valence-corrected chi connectivity index (χ1v) is 7.37. The van der Waals surface area contributed by atoms with Gasteiger partial charge in [0.1, 0.15) is 0 Å². The highest BCUT2D eigenvalue weighted by Gasteiger charge is 2.23. The van der Waals surface area contributed by atoms with E-state index in [0.717, 1.165) is 37.3 Å². The quantitative estimate of drug-likeness (QED) is 0.915. The van der Waals surface area contributed by atoms with Crippen molar-refractivity contribution in [1.29, 1.82) is 0 Å². The van der Waals surface area contributed by atoms with E-state index in [-0.39, 0.29) is 10.8 Å². The van der Waals surface area contributed by atoms with Crippen LogP contribution in [0, 0.1) is 0 Å². The molecule has 1 aromatic carbocycles. The third-order valence-electron chi connectivity index (χ3n) is 3.98. The zero-order valence-electron chi connectivity index (χ0n) is 12.1. The molecule has 6 heteroatoms. The molecule has 0 aliphatic carbocycles. The molecule has 0 saturated carbocycles. The molecule has 0 unspecified atom stereocenters. The standard InChI is InChI=1S/C15H18ClN3O2/c1-3-19-5-4-12-10(8-19)14(18-17-12)9-6-11(16)15(20)13(7-9)21-2/h6-7,20H,3-5,8H2,1-2H3,(H,17,18). The molecule has 2 N–H and O–H groups in total. The molecule has 1 aliphatic heterocycles. The third-order valence-corrected chi connectivity index (χ3v) is 4.27. The Bertz CT molecular complexity index is 669. The van der Waals surface area contributed by atoms with Gasteiger partial charge in [-0.2, -0.15) is 5.10 Å². The summed E-state index contributed by atoms with van der Waals surface area (Å²) in [5, 5.41) is 17.7. The van der Waals surface area contributed by atoms with Crippen LogP contribution in [0.2, 0.25) is 5.02 Å². The van der Waals surface area contributed by atoms with Crippen molar-refractivity contribution in [2.45, 2.75) is 19.9 Å². The predicted molar refractivity (Wildman–Crippen MR) is 81.9 cm³/mol. The normalized spacial score (nSPS) is 15.0. The van der Waals surface area contributed by atoms with Crippen LogP contribution in [-0.2, 0) is 13.0 Å². The van der Waals surface area contributed by atoms with Crippen molar-refractivity contribution in [3.05, 3.63) is 28.4 Å². The average molecular weight is 308 g/mol. The van der Waals surface area contributed by atoms with Gasteiger partial charge in [-0.3, -0.25) is 10.00 Å². The highest BCUT2D eigenvalue weighted by Crippen LogP contribution is 2.39. The SMILES string of the molecule is CCN1CCc2[nH]nc(-c3cc(Cl)c(O)c(OC)c3)c2C1. The Morgan fingerprint density at radius 2 is 2.29 bits per heavy atom. The number of aromatic hydroxyl groups is 1. The van der Waals surface area contributed by atoms with Crippen LogP contribution >= 0.6 is 11.6 Å². The molecule has 2 heterocycles. The lowest BCUT2D eigenvalue weighted by molar-refractivity contribution is 0.267. The van der Waals surface area contributed by atoms with Crippen LogP contribution in [0.5, 0.6) is 11.5 Å². The average Bonchev–Trinajstić information content (AvgIpc) is 2.92. The molecule has 0 radical (unpaired) electrons. The molecular formula is C15H18ClN3O2. The van der Waals surface area contributed by atoms with E-state index in [4.69, 9.17) is 16.3 Å². The molecular weight excluding hydrogens is 290 g/mol. The first kappa shape index (κ1) is 14.2.